The molecule has 2 N–H and O–H groups in total. The normalized spacial score (nSPS) is 45.5. The maximum absolute atomic E-state index is 13.9. The summed E-state index contributed by atoms with van der Waals surface area (Å²) in [5.74, 6) is 1.83. The zero-order valence-electron chi connectivity index (χ0n) is 27.5. The van der Waals surface area contributed by atoms with Crippen LogP contribution in [0.15, 0.2) is 0 Å². The molecule has 5 aliphatic carbocycles. The SMILES string of the molecule is CCOC(=O)O[C@@H]1CC[C@@]2(C)C(CC[C@]3(C)C2CCC2C4[C@H](C(C)C)CC[C@]4(C(=O)NCC(=O)O)CC[C@]23C)C1(C)C. The van der Waals surface area contributed by atoms with Gasteiger partial charge in [0.05, 0.1) is 12.0 Å². The highest BCUT2D eigenvalue weighted by Gasteiger charge is 2.72. The number of rotatable bonds is 6. The Morgan fingerprint density at radius 2 is 1.57 bits per heavy atom. The smallest absolute Gasteiger partial charge is 0.480 e. The number of hydrogen-bond acceptors (Lipinski definition) is 5. The Morgan fingerprint density at radius 3 is 2.21 bits per heavy atom. The standard InChI is InChI=1S/C35H57NO6/c1-9-41-30(40)42-26-14-15-32(6)24(31(26,4)5)13-16-34(8)25(32)11-10-23-28-22(21(2)3)12-17-35(28,19-18-33(23,34)7)29(39)36-20-27(37)38/h21-26,28H,9-20H2,1-8H3,(H,36,39)(H,37,38)/t22-,23?,24?,25?,26+,28?,32-,33+,34+,35-/m0/s1. The van der Waals surface area contributed by atoms with Crippen LogP contribution >= 0.6 is 0 Å². The van der Waals surface area contributed by atoms with E-state index in [1.54, 1.807) is 0 Å². The fourth-order valence-corrected chi connectivity index (χ4v) is 12.6. The average molecular weight is 588 g/mol. The van der Waals surface area contributed by atoms with Gasteiger partial charge in [0, 0.05) is 5.41 Å². The summed E-state index contributed by atoms with van der Waals surface area (Å²) in [5.41, 5.74) is -0.106. The molecule has 0 heterocycles. The second-order valence-corrected chi connectivity index (χ2v) is 16.5. The van der Waals surface area contributed by atoms with Crippen LogP contribution in [0.5, 0.6) is 0 Å². The quantitative estimate of drug-likeness (QED) is 0.313. The van der Waals surface area contributed by atoms with Crippen LogP contribution in [0.2, 0.25) is 0 Å². The molecule has 0 aromatic rings. The number of carbonyl (C=O) groups excluding carboxylic acids is 2. The third-order valence-corrected chi connectivity index (χ3v) is 14.6. The molecule has 5 rings (SSSR count). The Bertz CT molecular complexity index is 1090. The molecule has 0 aromatic heterocycles. The van der Waals surface area contributed by atoms with Gasteiger partial charge in [0.25, 0.3) is 0 Å². The third kappa shape index (κ3) is 4.44. The summed E-state index contributed by atoms with van der Waals surface area (Å²) in [7, 11) is 0. The van der Waals surface area contributed by atoms with E-state index in [1.807, 2.05) is 6.92 Å². The summed E-state index contributed by atoms with van der Waals surface area (Å²) < 4.78 is 11.1. The van der Waals surface area contributed by atoms with E-state index in [2.05, 4.69) is 53.8 Å². The van der Waals surface area contributed by atoms with Gasteiger partial charge in [-0.05, 0) is 123 Å². The van der Waals surface area contributed by atoms with Gasteiger partial charge in [-0.1, -0.05) is 48.5 Å². The van der Waals surface area contributed by atoms with Gasteiger partial charge in [-0.25, -0.2) is 4.79 Å². The molecule has 5 fully saturated rings. The number of aliphatic carboxylic acids is 1. The highest BCUT2D eigenvalue weighted by molar-refractivity contribution is 5.86. The van der Waals surface area contributed by atoms with E-state index in [9.17, 15) is 19.5 Å². The van der Waals surface area contributed by atoms with E-state index in [1.165, 1.54) is 6.42 Å². The van der Waals surface area contributed by atoms with E-state index in [0.29, 0.717) is 42.1 Å². The van der Waals surface area contributed by atoms with Crippen LogP contribution in [-0.2, 0) is 19.1 Å². The van der Waals surface area contributed by atoms with Crippen LogP contribution in [0.25, 0.3) is 0 Å². The lowest BCUT2D eigenvalue weighted by atomic mass is 9.32. The van der Waals surface area contributed by atoms with Crippen molar-refractivity contribution in [3.8, 4) is 0 Å². The van der Waals surface area contributed by atoms with Gasteiger partial charge in [0.15, 0.2) is 0 Å². The predicted octanol–water partition coefficient (Wildman–Crippen LogP) is 7.47. The highest BCUT2D eigenvalue weighted by atomic mass is 16.7. The second-order valence-electron chi connectivity index (χ2n) is 16.5. The molecule has 4 unspecified atom stereocenters. The van der Waals surface area contributed by atoms with Gasteiger partial charge in [-0.2, -0.15) is 0 Å². The van der Waals surface area contributed by atoms with Crippen molar-refractivity contribution < 1.29 is 29.0 Å². The van der Waals surface area contributed by atoms with Crippen molar-refractivity contribution >= 4 is 18.0 Å². The first kappa shape index (κ1) is 31.6. The summed E-state index contributed by atoms with van der Waals surface area (Å²) in [4.78, 5) is 37.6. The largest absolute Gasteiger partial charge is 0.508 e. The molecule has 10 atom stereocenters. The lowest BCUT2D eigenvalue weighted by Gasteiger charge is -2.73. The van der Waals surface area contributed by atoms with Gasteiger partial charge in [-0.3, -0.25) is 9.59 Å². The van der Waals surface area contributed by atoms with Gasteiger partial charge in [-0.15, -0.1) is 0 Å². The molecule has 238 valence electrons. The third-order valence-electron chi connectivity index (χ3n) is 14.6. The second kappa shape index (κ2) is 10.7. The minimum Gasteiger partial charge on any atom is -0.480 e. The minimum absolute atomic E-state index is 0.00952. The molecule has 0 aliphatic heterocycles. The number of carboxylic acids is 1. The fraction of sp³-hybridized carbons (Fsp3) is 0.914. The first-order valence-corrected chi connectivity index (χ1v) is 16.9. The topological polar surface area (TPSA) is 102 Å². The van der Waals surface area contributed by atoms with Gasteiger partial charge >= 0.3 is 12.1 Å². The van der Waals surface area contributed by atoms with Crippen molar-refractivity contribution in [3.05, 3.63) is 0 Å². The van der Waals surface area contributed by atoms with Crippen molar-refractivity contribution in [2.75, 3.05) is 13.2 Å². The van der Waals surface area contributed by atoms with Crippen LogP contribution in [0.3, 0.4) is 0 Å². The van der Waals surface area contributed by atoms with E-state index in [-0.39, 0.29) is 40.2 Å². The van der Waals surface area contributed by atoms with E-state index in [4.69, 9.17) is 9.47 Å². The zero-order chi connectivity index (χ0) is 30.9. The average Bonchev–Trinajstić information content (AvgIpc) is 3.31. The van der Waals surface area contributed by atoms with Crippen LogP contribution in [0.1, 0.15) is 120 Å². The molecular formula is C35H57NO6. The number of fused-ring (bicyclic) bond motifs is 7. The Kier molecular flexibility index (Phi) is 8.04. The summed E-state index contributed by atoms with van der Waals surface area (Å²) in [5, 5.41) is 12.2. The van der Waals surface area contributed by atoms with Crippen molar-refractivity contribution in [1.29, 1.82) is 0 Å². The number of ether oxygens (including phenoxy) is 2. The summed E-state index contributed by atoms with van der Waals surface area (Å²) in [6.07, 6.45) is 9.72. The maximum Gasteiger partial charge on any atom is 0.508 e. The van der Waals surface area contributed by atoms with Crippen LogP contribution in [0.4, 0.5) is 4.79 Å². The fourth-order valence-electron chi connectivity index (χ4n) is 12.6. The molecule has 0 saturated heterocycles. The first-order valence-electron chi connectivity index (χ1n) is 16.9. The molecule has 0 spiro atoms. The van der Waals surface area contributed by atoms with E-state index in [0.717, 1.165) is 57.8 Å². The molecule has 7 nitrogen and oxygen atoms in total. The Balaban J connectivity index is 1.46. The van der Waals surface area contributed by atoms with Crippen molar-refractivity contribution in [3.63, 3.8) is 0 Å². The summed E-state index contributed by atoms with van der Waals surface area (Å²) in [6, 6.07) is 0. The van der Waals surface area contributed by atoms with Gasteiger partial charge in [0.1, 0.15) is 12.6 Å². The molecule has 5 aliphatic rings. The number of carboxylic acid groups (broad SMARTS) is 1. The molecule has 1 amide bonds. The van der Waals surface area contributed by atoms with E-state index >= 15 is 0 Å². The molecule has 0 bridgehead atoms. The van der Waals surface area contributed by atoms with Gasteiger partial charge < -0.3 is 19.9 Å². The van der Waals surface area contributed by atoms with Crippen molar-refractivity contribution in [1.82, 2.24) is 5.32 Å². The number of hydrogen-bond donors (Lipinski definition) is 2. The molecule has 0 radical (unpaired) electrons. The molecular weight excluding hydrogens is 530 g/mol. The Labute approximate surface area is 253 Å². The molecule has 7 heteroatoms. The van der Waals surface area contributed by atoms with Gasteiger partial charge in [0.2, 0.25) is 5.91 Å². The van der Waals surface area contributed by atoms with Crippen LogP contribution in [-0.4, -0.2) is 42.4 Å². The number of carbonyl (C=O) groups is 3. The predicted molar refractivity (Wildman–Crippen MR) is 162 cm³/mol. The molecule has 0 aromatic carbocycles. The number of amides is 1. The molecule has 42 heavy (non-hydrogen) atoms. The Morgan fingerprint density at radius 1 is 0.857 bits per heavy atom. The van der Waals surface area contributed by atoms with E-state index < -0.39 is 17.5 Å². The van der Waals surface area contributed by atoms with Crippen LogP contribution in [0, 0.1) is 62.6 Å². The lowest BCUT2D eigenvalue weighted by Crippen LogP contribution is -2.67. The maximum atomic E-state index is 13.9. The minimum atomic E-state index is -0.973. The lowest BCUT2D eigenvalue weighted by molar-refractivity contribution is -0.248. The summed E-state index contributed by atoms with van der Waals surface area (Å²) in [6.45, 7) is 18.8. The first-order chi connectivity index (χ1) is 19.6. The Hall–Kier alpha value is -1.79. The zero-order valence-corrected chi connectivity index (χ0v) is 27.5. The highest BCUT2D eigenvalue weighted by Crippen LogP contribution is 2.77. The summed E-state index contributed by atoms with van der Waals surface area (Å²) >= 11 is 0. The molecule has 5 saturated carbocycles. The van der Waals surface area contributed by atoms with Crippen LogP contribution < -0.4 is 5.32 Å². The van der Waals surface area contributed by atoms with Crippen molar-refractivity contribution in [2.45, 2.75) is 126 Å². The van der Waals surface area contributed by atoms with Crippen molar-refractivity contribution in [2.24, 2.45) is 62.6 Å². The monoisotopic (exact) mass is 587 g/mol. The number of nitrogens with one attached hydrogen (secondary N) is 1.